The second-order valence-corrected chi connectivity index (χ2v) is 11.4. The van der Waals surface area contributed by atoms with E-state index in [1.807, 2.05) is 31.2 Å². The highest BCUT2D eigenvalue weighted by molar-refractivity contribution is 6.01. The zero-order chi connectivity index (χ0) is 30.8. The van der Waals surface area contributed by atoms with Crippen molar-refractivity contribution in [3.63, 3.8) is 0 Å². The van der Waals surface area contributed by atoms with Crippen LogP contribution in [0.2, 0.25) is 0 Å². The van der Waals surface area contributed by atoms with Gasteiger partial charge < -0.3 is 15.0 Å². The quantitative estimate of drug-likeness (QED) is 0.161. The number of amides is 1. The van der Waals surface area contributed by atoms with Crippen LogP contribution in [0.1, 0.15) is 32.6 Å². The summed E-state index contributed by atoms with van der Waals surface area (Å²) < 4.78 is 20.7. The lowest BCUT2D eigenvalue weighted by molar-refractivity contribution is -0.116. The van der Waals surface area contributed by atoms with E-state index in [-0.39, 0.29) is 11.7 Å². The third-order valence-corrected chi connectivity index (χ3v) is 8.10. The molecule has 7 rings (SSSR count). The molecule has 228 valence electrons. The number of likely N-dealkylation sites (tertiary alicyclic amines) is 1. The molecule has 0 bridgehead atoms. The summed E-state index contributed by atoms with van der Waals surface area (Å²) in [6.07, 6.45) is 12.2. The van der Waals surface area contributed by atoms with E-state index in [0.717, 1.165) is 64.7 Å². The summed E-state index contributed by atoms with van der Waals surface area (Å²) in [4.78, 5) is 31.3. The number of carbonyl (C=O) groups excluding carboxylic acids is 1. The molecule has 0 spiro atoms. The van der Waals surface area contributed by atoms with Crippen LogP contribution in [0.25, 0.3) is 55.6 Å². The van der Waals surface area contributed by atoms with Crippen LogP contribution >= 0.6 is 0 Å². The van der Waals surface area contributed by atoms with Gasteiger partial charge in [-0.1, -0.05) is 6.92 Å². The van der Waals surface area contributed by atoms with Gasteiger partial charge in [-0.05, 0) is 68.2 Å². The SMILES string of the molecule is CCCC(=O)Nc1cncc(-c2cc3c(-c4cc5c(-c6cc(F)cc(OCCN7CCCC7)c6)cncc5[nH]4)n[nH]c3cn2)c1. The number of benzene rings is 1. The maximum Gasteiger partial charge on any atom is 0.224 e. The summed E-state index contributed by atoms with van der Waals surface area (Å²) in [5.41, 5.74) is 6.61. The van der Waals surface area contributed by atoms with Crippen molar-refractivity contribution in [3.8, 4) is 39.5 Å². The Hall–Kier alpha value is -5.16. The lowest BCUT2D eigenvalue weighted by Crippen LogP contribution is -2.25. The van der Waals surface area contributed by atoms with Crippen LogP contribution in [0.4, 0.5) is 10.1 Å². The summed E-state index contributed by atoms with van der Waals surface area (Å²) in [7, 11) is 0. The van der Waals surface area contributed by atoms with E-state index in [2.05, 4.69) is 40.3 Å². The summed E-state index contributed by atoms with van der Waals surface area (Å²) in [5.74, 6) is 0.0844. The van der Waals surface area contributed by atoms with Crippen LogP contribution in [0.15, 0.2) is 67.4 Å². The minimum Gasteiger partial charge on any atom is -0.492 e. The smallest absolute Gasteiger partial charge is 0.224 e. The second kappa shape index (κ2) is 12.4. The fourth-order valence-electron chi connectivity index (χ4n) is 5.89. The van der Waals surface area contributed by atoms with Gasteiger partial charge in [-0.3, -0.25) is 29.7 Å². The second-order valence-electron chi connectivity index (χ2n) is 11.4. The highest BCUT2D eigenvalue weighted by Crippen LogP contribution is 2.36. The molecule has 0 atom stereocenters. The van der Waals surface area contributed by atoms with Gasteiger partial charge in [0.2, 0.25) is 5.91 Å². The van der Waals surface area contributed by atoms with Crippen LogP contribution in [0, 0.1) is 5.82 Å². The number of ether oxygens (including phenoxy) is 1. The molecule has 45 heavy (non-hydrogen) atoms. The molecule has 0 saturated carbocycles. The predicted molar refractivity (Wildman–Crippen MR) is 172 cm³/mol. The number of hydrogen-bond acceptors (Lipinski definition) is 7. The topological polar surface area (TPSA) is 125 Å². The molecule has 1 aromatic carbocycles. The van der Waals surface area contributed by atoms with Gasteiger partial charge in [0.05, 0.1) is 46.7 Å². The maximum absolute atomic E-state index is 14.8. The van der Waals surface area contributed by atoms with Crippen molar-refractivity contribution in [2.75, 3.05) is 31.6 Å². The highest BCUT2D eigenvalue weighted by atomic mass is 19.1. The van der Waals surface area contributed by atoms with Gasteiger partial charge >= 0.3 is 0 Å². The van der Waals surface area contributed by atoms with E-state index < -0.39 is 0 Å². The van der Waals surface area contributed by atoms with Crippen molar-refractivity contribution >= 4 is 33.4 Å². The van der Waals surface area contributed by atoms with E-state index >= 15 is 0 Å². The van der Waals surface area contributed by atoms with Gasteiger partial charge in [0, 0.05) is 53.3 Å². The molecule has 11 heteroatoms. The molecular formula is C34H33FN8O2. The van der Waals surface area contributed by atoms with Crippen molar-refractivity contribution < 1.29 is 13.9 Å². The van der Waals surface area contributed by atoms with Crippen LogP contribution in [-0.4, -0.2) is 67.2 Å². The minimum atomic E-state index is -0.363. The standard InChI is InChI=1S/C34H33FN8O2/c1-2-5-33(44)39-24-11-22(16-36-17-24)29-15-27-32(20-38-29)41-42-34(27)30-14-26-28(18-37-19-31(26)40-30)21-10-23(35)13-25(12-21)45-9-8-43-6-3-4-7-43/h10-20,40H,2-9H2,1H3,(H,39,44)(H,41,42). The van der Waals surface area contributed by atoms with Crippen molar-refractivity contribution in [1.82, 2.24) is 35.0 Å². The number of H-pyrrole nitrogens is 2. The van der Waals surface area contributed by atoms with E-state index in [9.17, 15) is 9.18 Å². The number of nitrogens with zero attached hydrogens (tertiary/aromatic N) is 5. The van der Waals surface area contributed by atoms with Gasteiger partial charge in [0.1, 0.15) is 23.9 Å². The number of aromatic nitrogens is 6. The first-order valence-corrected chi connectivity index (χ1v) is 15.3. The molecule has 1 saturated heterocycles. The molecule has 0 aliphatic carbocycles. The Balaban J connectivity index is 1.19. The summed E-state index contributed by atoms with van der Waals surface area (Å²) in [6.45, 7) is 5.48. The molecule has 6 aromatic rings. The number of carbonyl (C=O) groups is 1. The zero-order valence-corrected chi connectivity index (χ0v) is 24.9. The van der Waals surface area contributed by atoms with Crippen LogP contribution in [0.5, 0.6) is 5.75 Å². The third kappa shape index (κ3) is 6.12. The van der Waals surface area contributed by atoms with E-state index in [1.165, 1.54) is 25.0 Å². The number of aromatic amines is 2. The van der Waals surface area contributed by atoms with E-state index in [0.29, 0.717) is 41.4 Å². The molecule has 1 aliphatic rings. The van der Waals surface area contributed by atoms with Gasteiger partial charge in [-0.2, -0.15) is 5.10 Å². The Bertz CT molecular complexity index is 2000. The number of hydrogen-bond donors (Lipinski definition) is 3. The Labute approximate surface area is 259 Å². The van der Waals surface area contributed by atoms with Gasteiger partial charge in [-0.25, -0.2) is 4.39 Å². The zero-order valence-electron chi connectivity index (χ0n) is 24.9. The van der Waals surface area contributed by atoms with Crippen molar-refractivity contribution in [3.05, 3.63) is 73.2 Å². The average molecular weight is 605 g/mol. The van der Waals surface area contributed by atoms with E-state index in [4.69, 9.17) is 4.74 Å². The van der Waals surface area contributed by atoms with Crippen molar-refractivity contribution in [2.45, 2.75) is 32.6 Å². The molecule has 0 unspecified atom stereocenters. The maximum atomic E-state index is 14.8. The number of rotatable bonds is 10. The minimum absolute atomic E-state index is 0.0517. The number of pyridine rings is 3. The monoisotopic (exact) mass is 604 g/mol. The van der Waals surface area contributed by atoms with Crippen molar-refractivity contribution in [1.29, 1.82) is 0 Å². The number of fused-ring (bicyclic) bond motifs is 2. The number of anilines is 1. The van der Waals surface area contributed by atoms with Gasteiger partial charge in [0.15, 0.2) is 0 Å². The van der Waals surface area contributed by atoms with Crippen LogP contribution < -0.4 is 10.1 Å². The molecular weight excluding hydrogens is 571 g/mol. The summed E-state index contributed by atoms with van der Waals surface area (Å²) in [5, 5.41) is 12.3. The molecule has 1 amide bonds. The summed E-state index contributed by atoms with van der Waals surface area (Å²) >= 11 is 0. The fourth-order valence-corrected chi connectivity index (χ4v) is 5.89. The predicted octanol–water partition coefficient (Wildman–Crippen LogP) is 6.58. The Kier molecular flexibility index (Phi) is 7.91. The first-order valence-electron chi connectivity index (χ1n) is 15.3. The molecule has 5 aromatic heterocycles. The number of nitrogens with one attached hydrogen (secondary N) is 3. The van der Waals surface area contributed by atoms with E-state index in [1.54, 1.807) is 31.0 Å². The Morgan fingerprint density at radius 2 is 1.82 bits per heavy atom. The van der Waals surface area contributed by atoms with Crippen LogP contribution in [-0.2, 0) is 4.79 Å². The van der Waals surface area contributed by atoms with Crippen molar-refractivity contribution in [2.24, 2.45) is 0 Å². The third-order valence-electron chi connectivity index (χ3n) is 8.10. The highest BCUT2D eigenvalue weighted by Gasteiger charge is 2.17. The molecule has 10 nitrogen and oxygen atoms in total. The molecule has 1 fully saturated rings. The Morgan fingerprint density at radius 1 is 0.956 bits per heavy atom. The lowest BCUT2D eigenvalue weighted by atomic mass is 10.0. The van der Waals surface area contributed by atoms with Gasteiger partial charge in [-0.15, -0.1) is 0 Å². The average Bonchev–Trinajstić information content (AvgIpc) is 3.80. The first kappa shape index (κ1) is 28.6. The number of halogens is 1. The normalized spacial score (nSPS) is 13.6. The first-order chi connectivity index (χ1) is 22.0. The lowest BCUT2D eigenvalue weighted by Gasteiger charge is -2.15. The molecule has 6 heterocycles. The Morgan fingerprint density at radius 3 is 2.69 bits per heavy atom. The summed E-state index contributed by atoms with van der Waals surface area (Å²) in [6, 6.07) is 10.6. The van der Waals surface area contributed by atoms with Crippen LogP contribution in [0.3, 0.4) is 0 Å². The fraction of sp³-hybridized carbons (Fsp3) is 0.265. The molecule has 1 aliphatic heterocycles. The van der Waals surface area contributed by atoms with Gasteiger partial charge in [0.25, 0.3) is 0 Å². The molecule has 3 N–H and O–H groups in total. The largest absolute Gasteiger partial charge is 0.492 e. The molecule has 0 radical (unpaired) electrons.